The Morgan fingerprint density at radius 3 is 2.78 bits per heavy atom. The molecule has 2 rings (SSSR count). The number of nitrogens with zero attached hydrogens (tertiary/aromatic N) is 1. The molecule has 18 heavy (non-hydrogen) atoms. The monoisotopic (exact) mass is 257 g/mol. The predicted molar refractivity (Wildman–Crippen MR) is 66.1 cm³/mol. The van der Waals surface area contributed by atoms with E-state index >= 15 is 0 Å². The fraction of sp³-hybridized carbons (Fsp3) is 0.923. The van der Waals surface area contributed by atoms with E-state index in [-0.39, 0.29) is 24.3 Å². The normalized spacial score (nSPS) is 27.4. The minimum atomic E-state index is -0.378. The maximum Gasteiger partial charge on any atom is 0.251 e. The third-order valence-electron chi connectivity index (χ3n) is 3.56. The lowest BCUT2D eigenvalue weighted by molar-refractivity contribution is -0.160. The molecular formula is C13H23NO4. The summed E-state index contributed by atoms with van der Waals surface area (Å²) in [6.45, 7) is 6.31. The van der Waals surface area contributed by atoms with Crippen LogP contribution in [0, 0.1) is 0 Å². The number of hydrogen-bond donors (Lipinski definition) is 0. The van der Waals surface area contributed by atoms with Gasteiger partial charge in [-0.3, -0.25) is 4.79 Å². The van der Waals surface area contributed by atoms with Gasteiger partial charge in [-0.25, -0.2) is 0 Å². The van der Waals surface area contributed by atoms with Gasteiger partial charge in [-0.1, -0.05) is 0 Å². The largest absolute Gasteiger partial charge is 0.369 e. The molecule has 0 N–H and O–H groups in total. The number of carbonyl (C=O) groups excluding carboxylic acids is 1. The average Bonchev–Trinajstić information content (AvgIpc) is 2.92. The van der Waals surface area contributed by atoms with Gasteiger partial charge in [0.15, 0.2) is 6.29 Å². The summed E-state index contributed by atoms with van der Waals surface area (Å²) in [5.74, 6) is 0.0562. The topological polar surface area (TPSA) is 48.0 Å². The molecule has 0 spiro atoms. The molecule has 0 aliphatic carbocycles. The molecule has 2 saturated heterocycles. The van der Waals surface area contributed by atoms with E-state index in [1.165, 1.54) is 0 Å². The fourth-order valence-electron chi connectivity index (χ4n) is 2.67. The molecule has 0 aromatic heterocycles. The minimum Gasteiger partial charge on any atom is -0.369 e. The van der Waals surface area contributed by atoms with Gasteiger partial charge in [0.25, 0.3) is 5.91 Å². The van der Waals surface area contributed by atoms with E-state index in [1.807, 2.05) is 18.7 Å². The summed E-state index contributed by atoms with van der Waals surface area (Å²) < 4.78 is 16.5. The van der Waals surface area contributed by atoms with Crippen LogP contribution in [-0.4, -0.2) is 55.6 Å². The molecule has 0 saturated carbocycles. The van der Waals surface area contributed by atoms with Crippen molar-refractivity contribution in [1.29, 1.82) is 0 Å². The first-order valence-corrected chi connectivity index (χ1v) is 6.89. The van der Waals surface area contributed by atoms with Crippen molar-refractivity contribution in [3.8, 4) is 0 Å². The van der Waals surface area contributed by atoms with Crippen molar-refractivity contribution < 1.29 is 19.0 Å². The first-order valence-electron chi connectivity index (χ1n) is 6.89. The second-order valence-corrected chi connectivity index (χ2v) is 4.80. The maximum atomic E-state index is 12.3. The SMILES string of the molecule is CCOC(C)C(=O)N1CCCCC1C1OCCO1. The molecule has 5 heteroatoms. The molecular weight excluding hydrogens is 234 g/mol. The van der Waals surface area contributed by atoms with Gasteiger partial charge in [0.2, 0.25) is 0 Å². The van der Waals surface area contributed by atoms with E-state index in [0.717, 1.165) is 25.8 Å². The second-order valence-electron chi connectivity index (χ2n) is 4.80. The zero-order valence-electron chi connectivity index (χ0n) is 11.3. The number of ether oxygens (including phenoxy) is 3. The molecule has 5 nitrogen and oxygen atoms in total. The first-order chi connectivity index (χ1) is 8.74. The van der Waals surface area contributed by atoms with Crippen LogP contribution >= 0.6 is 0 Å². The van der Waals surface area contributed by atoms with Crippen molar-refractivity contribution in [3.05, 3.63) is 0 Å². The summed E-state index contributed by atoms with van der Waals surface area (Å²) in [5, 5.41) is 0. The van der Waals surface area contributed by atoms with Crippen LogP contribution < -0.4 is 0 Å². The zero-order valence-corrected chi connectivity index (χ0v) is 11.3. The summed E-state index contributed by atoms with van der Waals surface area (Å²) in [4.78, 5) is 14.2. The van der Waals surface area contributed by atoms with Gasteiger partial charge in [0, 0.05) is 13.2 Å². The van der Waals surface area contributed by atoms with Gasteiger partial charge in [0.05, 0.1) is 19.3 Å². The Hall–Kier alpha value is -0.650. The summed E-state index contributed by atoms with van der Waals surface area (Å²) in [5.41, 5.74) is 0. The van der Waals surface area contributed by atoms with E-state index in [9.17, 15) is 4.79 Å². The van der Waals surface area contributed by atoms with Gasteiger partial charge in [-0.15, -0.1) is 0 Å². The van der Waals surface area contributed by atoms with E-state index in [2.05, 4.69) is 0 Å². The standard InChI is InChI=1S/C13H23NO4/c1-3-16-10(2)12(15)14-7-5-4-6-11(14)13-17-8-9-18-13/h10-11,13H,3-9H2,1-2H3. The van der Waals surface area contributed by atoms with Crippen LogP contribution in [0.15, 0.2) is 0 Å². The molecule has 2 atom stereocenters. The third kappa shape index (κ3) is 3.02. The Bertz CT molecular complexity index is 278. The Kier molecular flexibility index (Phi) is 4.97. The molecule has 0 aromatic carbocycles. The Balaban J connectivity index is 2.00. The van der Waals surface area contributed by atoms with Gasteiger partial charge in [0.1, 0.15) is 6.10 Å². The lowest BCUT2D eigenvalue weighted by atomic mass is 10.0. The second kappa shape index (κ2) is 6.50. The highest BCUT2D eigenvalue weighted by Gasteiger charge is 2.37. The fourth-order valence-corrected chi connectivity index (χ4v) is 2.67. The van der Waals surface area contributed by atoms with Crippen LogP contribution in [0.3, 0.4) is 0 Å². The van der Waals surface area contributed by atoms with Crippen molar-refractivity contribution in [2.75, 3.05) is 26.4 Å². The highest BCUT2D eigenvalue weighted by molar-refractivity contribution is 5.81. The van der Waals surface area contributed by atoms with Crippen LogP contribution in [0.1, 0.15) is 33.1 Å². The number of amides is 1. The zero-order chi connectivity index (χ0) is 13.0. The molecule has 2 heterocycles. The Labute approximate surface area is 108 Å². The summed E-state index contributed by atoms with van der Waals surface area (Å²) in [6.07, 6.45) is 2.50. The first kappa shape index (κ1) is 13.8. The predicted octanol–water partition coefficient (Wildman–Crippen LogP) is 1.17. The van der Waals surface area contributed by atoms with Crippen LogP contribution in [-0.2, 0) is 19.0 Å². The molecule has 104 valence electrons. The number of piperidine rings is 1. The summed E-state index contributed by atoms with van der Waals surface area (Å²) in [6, 6.07) is 0.0525. The van der Waals surface area contributed by atoms with Crippen LogP contribution in [0.4, 0.5) is 0 Å². The molecule has 2 fully saturated rings. The van der Waals surface area contributed by atoms with E-state index < -0.39 is 0 Å². The van der Waals surface area contributed by atoms with Gasteiger partial charge >= 0.3 is 0 Å². The smallest absolute Gasteiger partial charge is 0.251 e. The lowest BCUT2D eigenvalue weighted by Gasteiger charge is -2.39. The van der Waals surface area contributed by atoms with Gasteiger partial charge in [-0.05, 0) is 33.1 Å². The highest BCUT2D eigenvalue weighted by atomic mass is 16.7. The van der Waals surface area contributed by atoms with Crippen molar-refractivity contribution >= 4 is 5.91 Å². The molecule has 0 aromatic rings. The minimum absolute atomic E-state index is 0.0525. The molecule has 2 aliphatic rings. The molecule has 0 bridgehead atoms. The molecule has 2 unspecified atom stereocenters. The maximum absolute atomic E-state index is 12.3. The number of carbonyl (C=O) groups is 1. The lowest BCUT2D eigenvalue weighted by Crippen LogP contribution is -2.53. The van der Waals surface area contributed by atoms with E-state index in [4.69, 9.17) is 14.2 Å². The van der Waals surface area contributed by atoms with Crippen molar-refractivity contribution in [2.24, 2.45) is 0 Å². The molecule has 0 radical (unpaired) electrons. The van der Waals surface area contributed by atoms with E-state index in [0.29, 0.717) is 19.8 Å². The van der Waals surface area contributed by atoms with Crippen LogP contribution in [0.5, 0.6) is 0 Å². The van der Waals surface area contributed by atoms with Crippen molar-refractivity contribution in [1.82, 2.24) is 4.90 Å². The van der Waals surface area contributed by atoms with Gasteiger partial charge < -0.3 is 19.1 Å². The quantitative estimate of drug-likeness (QED) is 0.758. The Morgan fingerprint density at radius 1 is 1.39 bits per heavy atom. The number of rotatable bonds is 4. The number of likely N-dealkylation sites (tertiary alicyclic amines) is 1. The highest BCUT2D eigenvalue weighted by Crippen LogP contribution is 2.25. The average molecular weight is 257 g/mol. The van der Waals surface area contributed by atoms with Crippen molar-refractivity contribution in [2.45, 2.75) is 51.5 Å². The number of hydrogen-bond acceptors (Lipinski definition) is 4. The van der Waals surface area contributed by atoms with Crippen molar-refractivity contribution in [3.63, 3.8) is 0 Å². The van der Waals surface area contributed by atoms with Gasteiger partial charge in [-0.2, -0.15) is 0 Å². The summed E-state index contributed by atoms with van der Waals surface area (Å²) >= 11 is 0. The molecule has 2 aliphatic heterocycles. The van der Waals surface area contributed by atoms with Crippen LogP contribution in [0.2, 0.25) is 0 Å². The van der Waals surface area contributed by atoms with E-state index in [1.54, 1.807) is 0 Å². The summed E-state index contributed by atoms with van der Waals surface area (Å²) in [7, 11) is 0. The third-order valence-corrected chi connectivity index (χ3v) is 3.56. The molecule has 1 amide bonds. The van der Waals surface area contributed by atoms with Crippen LogP contribution in [0.25, 0.3) is 0 Å². The Morgan fingerprint density at radius 2 is 2.11 bits per heavy atom.